The van der Waals surface area contributed by atoms with Gasteiger partial charge in [0.25, 0.3) is 5.91 Å². The first-order valence-electron chi connectivity index (χ1n) is 7.35. The van der Waals surface area contributed by atoms with Crippen molar-refractivity contribution in [2.24, 2.45) is 0 Å². The number of ether oxygens (including phenoxy) is 1. The predicted octanol–water partition coefficient (Wildman–Crippen LogP) is 4.36. The second-order valence-electron chi connectivity index (χ2n) is 5.12. The van der Waals surface area contributed by atoms with Gasteiger partial charge in [0, 0.05) is 22.8 Å². The molecule has 3 rings (SSSR count). The molecule has 122 valence electrons. The van der Waals surface area contributed by atoms with Gasteiger partial charge in [-0.3, -0.25) is 4.79 Å². The molecule has 6 heteroatoms. The van der Waals surface area contributed by atoms with Crippen molar-refractivity contribution in [3.8, 4) is 16.3 Å². The maximum atomic E-state index is 12.9. The molecule has 0 saturated heterocycles. The summed E-state index contributed by atoms with van der Waals surface area (Å²) in [6.45, 7) is 1.64. The minimum atomic E-state index is -0.700. The maximum absolute atomic E-state index is 12.9. The largest absolute Gasteiger partial charge is 0.481 e. The molecule has 24 heavy (non-hydrogen) atoms. The average Bonchev–Trinajstić information content (AvgIpc) is 3.12. The lowest BCUT2D eigenvalue weighted by Gasteiger charge is -2.14. The summed E-state index contributed by atoms with van der Waals surface area (Å²) in [5, 5.41) is 5.64. The van der Waals surface area contributed by atoms with Crippen LogP contribution in [0.15, 0.2) is 60.1 Å². The SMILES string of the molecule is CC(Oc1ccc(F)cc1)C(=O)Nc1ccc(-c2nccs2)cc1. The van der Waals surface area contributed by atoms with E-state index in [9.17, 15) is 9.18 Å². The molecule has 1 amide bonds. The number of amides is 1. The van der Waals surface area contributed by atoms with Gasteiger partial charge < -0.3 is 10.1 Å². The lowest BCUT2D eigenvalue weighted by atomic mass is 10.2. The fraction of sp³-hybridized carbons (Fsp3) is 0.111. The molecule has 0 bridgehead atoms. The number of hydrogen-bond acceptors (Lipinski definition) is 4. The topological polar surface area (TPSA) is 51.2 Å². The molecule has 0 radical (unpaired) electrons. The molecule has 3 aromatic rings. The van der Waals surface area contributed by atoms with Gasteiger partial charge in [-0.1, -0.05) is 0 Å². The van der Waals surface area contributed by atoms with E-state index in [0.717, 1.165) is 10.6 Å². The Morgan fingerprint density at radius 3 is 2.50 bits per heavy atom. The van der Waals surface area contributed by atoms with Crippen LogP contribution in [0, 0.1) is 5.82 Å². The molecule has 0 spiro atoms. The molecule has 4 nitrogen and oxygen atoms in total. The summed E-state index contributed by atoms with van der Waals surface area (Å²) in [6, 6.07) is 13.0. The molecule has 0 aliphatic heterocycles. The Labute approximate surface area is 142 Å². The highest BCUT2D eigenvalue weighted by Crippen LogP contribution is 2.23. The molecule has 0 aliphatic carbocycles. The number of nitrogens with one attached hydrogen (secondary N) is 1. The van der Waals surface area contributed by atoms with Gasteiger partial charge in [-0.15, -0.1) is 11.3 Å². The molecule has 1 unspecified atom stereocenters. The number of nitrogens with zero attached hydrogens (tertiary/aromatic N) is 1. The molecular weight excluding hydrogens is 327 g/mol. The number of benzene rings is 2. The highest BCUT2D eigenvalue weighted by molar-refractivity contribution is 7.13. The van der Waals surface area contributed by atoms with Gasteiger partial charge in [-0.25, -0.2) is 9.37 Å². The molecule has 1 aromatic heterocycles. The van der Waals surface area contributed by atoms with Crippen molar-refractivity contribution < 1.29 is 13.9 Å². The van der Waals surface area contributed by atoms with Crippen LogP contribution in [0.1, 0.15) is 6.92 Å². The van der Waals surface area contributed by atoms with Crippen LogP contribution >= 0.6 is 11.3 Å². The van der Waals surface area contributed by atoms with E-state index in [1.807, 2.05) is 29.6 Å². The van der Waals surface area contributed by atoms with Crippen LogP contribution in [0.4, 0.5) is 10.1 Å². The number of thiazole rings is 1. The van der Waals surface area contributed by atoms with Gasteiger partial charge in [-0.2, -0.15) is 0 Å². The van der Waals surface area contributed by atoms with Crippen molar-refractivity contribution in [3.63, 3.8) is 0 Å². The Morgan fingerprint density at radius 1 is 1.17 bits per heavy atom. The van der Waals surface area contributed by atoms with Crippen molar-refractivity contribution in [2.75, 3.05) is 5.32 Å². The monoisotopic (exact) mass is 342 g/mol. The number of rotatable bonds is 5. The van der Waals surface area contributed by atoms with Crippen LogP contribution < -0.4 is 10.1 Å². The van der Waals surface area contributed by atoms with Gasteiger partial charge in [0.2, 0.25) is 0 Å². The summed E-state index contributed by atoms with van der Waals surface area (Å²) in [5.41, 5.74) is 1.67. The smallest absolute Gasteiger partial charge is 0.265 e. The molecule has 1 atom stereocenters. The van der Waals surface area contributed by atoms with Gasteiger partial charge in [0.1, 0.15) is 16.6 Å². The third-order valence-electron chi connectivity index (χ3n) is 3.33. The van der Waals surface area contributed by atoms with Crippen LogP contribution in [0.3, 0.4) is 0 Å². The fourth-order valence-corrected chi connectivity index (χ4v) is 2.72. The van der Waals surface area contributed by atoms with E-state index < -0.39 is 6.10 Å². The Morgan fingerprint density at radius 2 is 1.88 bits per heavy atom. The zero-order chi connectivity index (χ0) is 16.9. The number of anilines is 1. The van der Waals surface area contributed by atoms with Crippen molar-refractivity contribution in [1.29, 1.82) is 0 Å². The van der Waals surface area contributed by atoms with Crippen LogP contribution in [-0.4, -0.2) is 17.0 Å². The quantitative estimate of drug-likeness (QED) is 0.750. The van der Waals surface area contributed by atoms with E-state index >= 15 is 0 Å². The van der Waals surface area contributed by atoms with Crippen LogP contribution in [0.5, 0.6) is 5.75 Å². The molecule has 2 aromatic carbocycles. The lowest BCUT2D eigenvalue weighted by molar-refractivity contribution is -0.122. The standard InChI is InChI=1S/C18H15FN2O2S/c1-12(23-16-8-4-14(19)5-9-16)17(22)21-15-6-2-13(3-7-15)18-20-10-11-24-18/h2-12H,1H3,(H,21,22). The van der Waals surface area contributed by atoms with E-state index in [2.05, 4.69) is 10.3 Å². The maximum Gasteiger partial charge on any atom is 0.265 e. The third kappa shape index (κ3) is 3.97. The number of carbonyl (C=O) groups is 1. The van der Waals surface area contributed by atoms with Crippen LogP contribution in [-0.2, 0) is 4.79 Å². The zero-order valence-electron chi connectivity index (χ0n) is 12.9. The first kappa shape index (κ1) is 16.1. The molecule has 0 fully saturated rings. The number of halogens is 1. The first-order chi connectivity index (χ1) is 11.6. The molecule has 1 N–H and O–H groups in total. The zero-order valence-corrected chi connectivity index (χ0v) is 13.7. The van der Waals surface area contributed by atoms with Crippen molar-refractivity contribution in [1.82, 2.24) is 4.98 Å². The number of carbonyl (C=O) groups excluding carboxylic acids is 1. The van der Waals surface area contributed by atoms with Crippen LogP contribution in [0.25, 0.3) is 10.6 Å². The van der Waals surface area contributed by atoms with E-state index in [1.54, 1.807) is 24.5 Å². The molecular formula is C18H15FN2O2S. The van der Waals surface area contributed by atoms with Crippen molar-refractivity contribution in [2.45, 2.75) is 13.0 Å². The Kier molecular flexibility index (Phi) is 4.86. The lowest BCUT2D eigenvalue weighted by Crippen LogP contribution is -2.30. The Hall–Kier alpha value is -2.73. The van der Waals surface area contributed by atoms with E-state index in [1.165, 1.54) is 24.3 Å². The first-order valence-corrected chi connectivity index (χ1v) is 8.23. The minimum Gasteiger partial charge on any atom is -0.481 e. The van der Waals surface area contributed by atoms with Crippen molar-refractivity contribution in [3.05, 3.63) is 65.9 Å². The second-order valence-corrected chi connectivity index (χ2v) is 6.01. The molecule has 0 saturated carbocycles. The predicted molar refractivity (Wildman–Crippen MR) is 92.7 cm³/mol. The summed E-state index contributed by atoms with van der Waals surface area (Å²) in [7, 11) is 0. The summed E-state index contributed by atoms with van der Waals surface area (Å²) in [4.78, 5) is 16.4. The highest BCUT2D eigenvalue weighted by atomic mass is 32.1. The van der Waals surface area contributed by atoms with Gasteiger partial charge in [-0.05, 0) is 55.5 Å². The van der Waals surface area contributed by atoms with E-state index in [-0.39, 0.29) is 11.7 Å². The summed E-state index contributed by atoms with van der Waals surface area (Å²) in [6.07, 6.45) is 1.05. The summed E-state index contributed by atoms with van der Waals surface area (Å²) < 4.78 is 18.4. The van der Waals surface area contributed by atoms with Gasteiger partial charge >= 0.3 is 0 Å². The summed E-state index contributed by atoms with van der Waals surface area (Å²) >= 11 is 1.56. The Bertz CT molecular complexity index is 802. The van der Waals surface area contributed by atoms with Gasteiger partial charge in [0.15, 0.2) is 6.10 Å². The van der Waals surface area contributed by atoms with E-state index in [0.29, 0.717) is 11.4 Å². The van der Waals surface area contributed by atoms with E-state index in [4.69, 9.17) is 4.74 Å². The number of hydrogen-bond donors (Lipinski definition) is 1. The second kappa shape index (κ2) is 7.23. The highest BCUT2D eigenvalue weighted by Gasteiger charge is 2.15. The Balaban J connectivity index is 1.60. The minimum absolute atomic E-state index is 0.277. The summed E-state index contributed by atoms with van der Waals surface area (Å²) in [5.74, 6) is -0.181. The number of aromatic nitrogens is 1. The fourth-order valence-electron chi connectivity index (χ4n) is 2.08. The average molecular weight is 342 g/mol. The van der Waals surface area contributed by atoms with Gasteiger partial charge in [0.05, 0.1) is 0 Å². The molecule has 1 heterocycles. The third-order valence-corrected chi connectivity index (χ3v) is 4.15. The molecule has 0 aliphatic rings. The van der Waals surface area contributed by atoms with Crippen molar-refractivity contribution >= 4 is 22.9 Å². The normalized spacial score (nSPS) is 11.8. The van der Waals surface area contributed by atoms with Crippen LogP contribution in [0.2, 0.25) is 0 Å².